The Morgan fingerprint density at radius 1 is 1.16 bits per heavy atom. The summed E-state index contributed by atoms with van der Waals surface area (Å²) in [7, 11) is 0. The number of amides is 1. The van der Waals surface area contributed by atoms with E-state index >= 15 is 0 Å². The number of hydrogen-bond donors (Lipinski definition) is 3. The lowest BCUT2D eigenvalue weighted by molar-refractivity contribution is 0.102. The van der Waals surface area contributed by atoms with Gasteiger partial charge in [-0.2, -0.15) is 4.98 Å². The Kier molecular flexibility index (Phi) is 5.51. The molecule has 0 saturated heterocycles. The fourth-order valence-corrected chi connectivity index (χ4v) is 3.92. The molecule has 9 heteroatoms. The molecular formula is C23H20ClN7O. The third-order valence-corrected chi connectivity index (χ3v) is 5.65. The smallest absolute Gasteiger partial charge is 0.275 e. The van der Waals surface area contributed by atoms with Gasteiger partial charge in [-0.05, 0) is 55.0 Å². The summed E-state index contributed by atoms with van der Waals surface area (Å²) < 4.78 is 0. The van der Waals surface area contributed by atoms with Gasteiger partial charge in [0.25, 0.3) is 5.91 Å². The van der Waals surface area contributed by atoms with Gasteiger partial charge in [-0.15, -0.1) is 0 Å². The molecule has 3 heterocycles. The number of hydrogen-bond acceptors (Lipinski definition) is 7. The summed E-state index contributed by atoms with van der Waals surface area (Å²) in [6.07, 6.45) is 14.9. The van der Waals surface area contributed by atoms with Crippen molar-refractivity contribution in [2.75, 3.05) is 16.0 Å². The number of benzene rings is 1. The lowest BCUT2D eigenvalue weighted by Crippen LogP contribution is -2.15. The molecule has 160 valence electrons. The van der Waals surface area contributed by atoms with E-state index in [1.807, 2.05) is 24.3 Å². The van der Waals surface area contributed by atoms with E-state index in [0.717, 1.165) is 41.9 Å². The van der Waals surface area contributed by atoms with Crippen molar-refractivity contribution in [3.05, 3.63) is 83.2 Å². The van der Waals surface area contributed by atoms with Crippen molar-refractivity contribution in [1.29, 1.82) is 0 Å². The van der Waals surface area contributed by atoms with Gasteiger partial charge in [0, 0.05) is 29.5 Å². The zero-order chi connectivity index (χ0) is 21.9. The zero-order valence-electron chi connectivity index (χ0n) is 17.0. The lowest BCUT2D eigenvalue weighted by atomic mass is 9.91. The molecule has 32 heavy (non-hydrogen) atoms. The van der Waals surface area contributed by atoms with E-state index in [2.05, 4.69) is 48.0 Å². The Labute approximate surface area is 189 Å². The number of fused-ring (bicyclic) bond motifs is 6. The fourth-order valence-electron chi connectivity index (χ4n) is 3.78. The zero-order valence-corrected chi connectivity index (χ0v) is 17.8. The van der Waals surface area contributed by atoms with Crippen molar-refractivity contribution in [3.63, 3.8) is 0 Å². The second kappa shape index (κ2) is 8.76. The topological polar surface area (TPSA) is 105 Å². The van der Waals surface area contributed by atoms with Crippen LogP contribution in [0.15, 0.2) is 66.9 Å². The quantitative estimate of drug-likeness (QED) is 0.523. The molecule has 0 fully saturated rings. The van der Waals surface area contributed by atoms with Gasteiger partial charge in [-0.25, -0.2) is 9.97 Å². The Bertz CT molecular complexity index is 1230. The third-order valence-electron chi connectivity index (χ3n) is 5.38. The summed E-state index contributed by atoms with van der Waals surface area (Å²) in [6.45, 7) is 0. The van der Waals surface area contributed by atoms with Gasteiger partial charge in [0.15, 0.2) is 5.82 Å². The molecule has 0 saturated carbocycles. The van der Waals surface area contributed by atoms with Gasteiger partial charge < -0.3 is 16.0 Å². The second-order valence-electron chi connectivity index (χ2n) is 7.64. The Morgan fingerprint density at radius 2 is 2.09 bits per heavy atom. The van der Waals surface area contributed by atoms with Crippen LogP contribution in [0.4, 0.5) is 23.1 Å². The highest BCUT2D eigenvalue weighted by Gasteiger charge is 2.17. The van der Waals surface area contributed by atoms with E-state index in [4.69, 9.17) is 11.6 Å². The Morgan fingerprint density at radius 3 is 2.97 bits per heavy atom. The van der Waals surface area contributed by atoms with E-state index in [0.29, 0.717) is 22.7 Å². The van der Waals surface area contributed by atoms with E-state index in [1.54, 1.807) is 6.20 Å². The number of allylic oxidation sites excluding steroid dienone is 4. The summed E-state index contributed by atoms with van der Waals surface area (Å²) in [5.41, 5.74) is 3.88. The number of aromatic nitrogens is 4. The van der Waals surface area contributed by atoms with Crippen LogP contribution in [-0.4, -0.2) is 25.8 Å². The molecule has 2 aliphatic rings. The van der Waals surface area contributed by atoms with E-state index in [1.165, 1.54) is 18.6 Å². The van der Waals surface area contributed by atoms with Crippen LogP contribution in [0.5, 0.6) is 0 Å². The number of halogens is 1. The first-order valence-corrected chi connectivity index (χ1v) is 10.7. The summed E-state index contributed by atoms with van der Waals surface area (Å²) in [4.78, 5) is 29.5. The number of nitrogens with one attached hydrogen (secondary N) is 3. The van der Waals surface area contributed by atoms with Gasteiger partial charge >= 0.3 is 0 Å². The highest BCUT2D eigenvalue weighted by atomic mass is 35.5. The third kappa shape index (κ3) is 4.45. The molecular weight excluding hydrogens is 426 g/mol. The molecule has 1 aromatic carbocycles. The van der Waals surface area contributed by atoms with Crippen molar-refractivity contribution in [1.82, 2.24) is 19.9 Å². The molecule has 6 bridgehead atoms. The van der Waals surface area contributed by atoms with Gasteiger partial charge in [-0.3, -0.25) is 9.78 Å². The van der Waals surface area contributed by atoms with Crippen LogP contribution in [-0.2, 0) is 6.42 Å². The summed E-state index contributed by atoms with van der Waals surface area (Å²) >= 11 is 6.33. The normalized spacial score (nSPS) is 16.9. The average molecular weight is 446 g/mol. The van der Waals surface area contributed by atoms with Crippen LogP contribution in [0, 0.1) is 5.92 Å². The SMILES string of the molecule is O=C(Nc1ccc2cc1CCC1C=CC=C(C1)Nc1ncc(Cl)c(n1)N2)c1cnccn1. The number of rotatable bonds is 2. The van der Waals surface area contributed by atoms with E-state index < -0.39 is 0 Å². The molecule has 2 aromatic heterocycles. The first-order valence-electron chi connectivity index (χ1n) is 10.3. The van der Waals surface area contributed by atoms with Gasteiger partial charge in [0.05, 0.1) is 12.4 Å². The summed E-state index contributed by atoms with van der Waals surface area (Å²) in [6, 6.07) is 5.77. The minimum atomic E-state index is -0.298. The number of aryl methyl sites for hydroxylation is 1. The monoisotopic (exact) mass is 445 g/mol. The second-order valence-corrected chi connectivity index (χ2v) is 8.04. The highest BCUT2D eigenvalue weighted by Crippen LogP contribution is 2.31. The summed E-state index contributed by atoms with van der Waals surface area (Å²) in [5, 5.41) is 9.96. The summed E-state index contributed by atoms with van der Waals surface area (Å²) in [5.74, 6) is 1.06. The molecule has 1 amide bonds. The van der Waals surface area contributed by atoms with Crippen LogP contribution in [0.2, 0.25) is 5.02 Å². The van der Waals surface area contributed by atoms with Gasteiger partial charge in [0.1, 0.15) is 10.7 Å². The predicted molar refractivity (Wildman–Crippen MR) is 124 cm³/mol. The molecule has 0 spiro atoms. The lowest BCUT2D eigenvalue weighted by Gasteiger charge is -2.19. The molecule has 1 aliphatic carbocycles. The number of carbonyl (C=O) groups is 1. The molecule has 3 aromatic rings. The fraction of sp³-hybridized carbons (Fsp3) is 0.174. The number of anilines is 4. The van der Waals surface area contributed by atoms with E-state index in [-0.39, 0.29) is 11.6 Å². The number of nitrogens with zero attached hydrogens (tertiary/aromatic N) is 4. The standard InChI is InChI=1S/C23H20ClN7O/c24-18-12-27-23-29-16-3-1-2-14(10-16)4-5-15-11-17(28-21(18)31-23)6-7-19(15)30-22(32)20-13-25-8-9-26-20/h1-3,6-9,11-14H,4-5,10H2,(H,30,32)(H2,27,28,29,31). The largest absolute Gasteiger partial charge is 0.339 e. The molecule has 1 unspecified atom stereocenters. The average Bonchev–Trinajstić information content (AvgIpc) is 2.82. The van der Waals surface area contributed by atoms with Crippen molar-refractivity contribution in [3.8, 4) is 0 Å². The molecule has 5 rings (SSSR count). The van der Waals surface area contributed by atoms with Crippen molar-refractivity contribution in [2.24, 2.45) is 5.92 Å². The van der Waals surface area contributed by atoms with Crippen LogP contribution in [0.3, 0.4) is 0 Å². The van der Waals surface area contributed by atoms with Crippen molar-refractivity contribution < 1.29 is 4.79 Å². The van der Waals surface area contributed by atoms with Crippen molar-refractivity contribution in [2.45, 2.75) is 19.3 Å². The van der Waals surface area contributed by atoms with Gasteiger partial charge in [0.2, 0.25) is 5.95 Å². The first-order chi connectivity index (χ1) is 15.6. The molecule has 8 nitrogen and oxygen atoms in total. The maximum Gasteiger partial charge on any atom is 0.275 e. The minimum absolute atomic E-state index is 0.267. The van der Waals surface area contributed by atoms with Gasteiger partial charge in [-0.1, -0.05) is 23.8 Å². The van der Waals surface area contributed by atoms with Crippen LogP contribution in [0.1, 0.15) is 28.9 Å². The molecule has 1 aliphatic heterocycles. The Hall–Kier alpha value is -3.78. The molecule has 0 radical (unpaired) electrons. The van der Waals surface area contributed by atoms with Crippen molar-refractivity contribution >= 4 is 40.6 Å². The maximum atomic E-state index is 12.7. The maximum absolute atomic E-state index is 12.7. The highest BCUT2D eigenvalue weighted by molar-refractivity contribution is 6.32. The van der Waals surface area contributed by atoms with Crippen LogP contribution in [0.25, 0.3) is 0 Å². The number of carbonyl (C=O) groups excluding carboxylic acids is 1. The van der Waals surface area contributed by atoms with Crippen LogP contribution < -0.4 is 16.0 Å². The molecule has 1 atom stereocenters. The predicted octanol–water partition coefficient (Wildman–Crippen LogP) is 4.73. The molecule has 3 N–H and O–H groups in total. The van der Waals surface area contributed by atoms with Crippen LogP contribution >= 0.6 is 11.6 Å². The minimum Gasteiger partial charge on any atom is -0.339 e. The van der Waals surface area contributed by atoms with E-state index in [9.17, 15) is 4.79 Å². The Balaban J connectivity index is 1.50. The first kappa shape index (κ1) is 20.1.